The molecule has 4 nitrogen and oxygen atoms in total. The quantitative estimate of drug-likeness (QED) is 0.0445. The van der Waals surface area contributed by atoms with Crippen LogP contribution in [0.3, 0.4) is 0 Å². The van der Waals surface area contributed by atoms with Crippen LogP contribution < -0.4 is 0 Å². The molecular weight excluding hydrogens is 825 g/mol. The zero-order valence-electron chi connectivity index (χ0n) is 47.4. The van der Waals surface area contributed by atoms with E-state index in [1.807, 2.05) is 0 Å². The summed E-state index contributed by atoms with van der Waals surface area (Å²) in [4.78, 5) is 11.2. The number of hydrogen-bond donors (Lipinski definition) is 0. The van der Waals surface area contributed by atoms with Crippen molar-refractivity contribution in [3.63, 3.8) is 0 Å². The Kier molecular flexibility index (Phi) is 53.0. The van der Waals surface area contributed by atoms with Crippen molar-refractivity contribution in [2.45, 2.75) is 297 Å². The molecule has 68 heavy (non-hydrogen) atoms. The van der Waals surface area contributed by atoms with Crippen LogP contribution in [0, 0.1) is 0 Å². The van der Waals surface area contributed by atoms with Crippen LogP contribution in [0.15, 0.2) is 36.5 Å². The normalized spacial score (nSPS) is 14.2. The second-order valence-corrected chi connectivity index (χ2v) is 21.8. The summed E-state index contributed by atoms with van der Waals surface area (Å²) in [5.41, 5.74) is 0. The van der Waals surface area contributed by atoms with Gasteiger partial charge in [-0.15, -0.1) is 0 Å². The minimum Gasteiger partial charge on any atom is -0.302 e. The van der Waals surface area contributed by atoms with Crippen LogP contribution >= 0.6 is 0 Å². The van der Waals surface area contributed by atoms with E-state index in [-0.39, 0.29) is 0 Å². The van der Waals surface area contributed by atoms with Gasteiger partial charge in [0.2, 0.25) is 0 Å². The molecule has 0 bridgehead atoms. The molecule has 0 amide bonds. The molecule has 1 rings (SSSR count). The van der Waals surface area contributed by atoms with E-state index >= 15 is 0 Å². The lowest BCUT2D eigenvalue weighted by atomic mass is 10.1. The summed E-state index contributed by atoms with van der Waals surface area (Å²) in [5, 5.41) is 0. The van der Waals surface area contributed by atoms with Gasteiger partial charge in [0.25, 0.3) is 0 Å². The van der Waals surface area contributed by atoms with E-state index in [1.54, 1.807) is 0 Å². The SMILES string of the molecule is CCCCCCCC/C=C\CCCCCCCCN(CCCCCCCC/C=C\CCCCCCCC)CCN(CCCCCCCC/C=C\CCCCCCCC)CCN1CCN(CC)CC1. The van der Waals surface area contributed by atoms with Crippen molar-refractivity contribution >= 4 is 0 Å². The summed E-state index contributed by atoms with van der Waals surface area (Å²) in [5.74, 6) is 0. The van der Waals surface area contributed by atoms with Gasteiger partial charge in [-0.1, -0.05) is 238 Å². The number of unbranched alkanes of at least 4 members (excludes halogenated alkanes) is 36. The predicted octanol–water partition coefficient (Wildman–Crippen LogP) is 19.3. The first kappa shape index (κ1) is 65.1. The molecule has 1 heterocycles. The van der Waals surface area contributed by atoms with E-state index in [0.29, 0.717) is 0 Å². The Balaban J connectivity index is 2.51. The zero-order valence-corrected chi connectivity index (χ0v) is 47.4. The maximum atomic E-state index is 2.90. The molecule has 402 valence electrons. The van der Waals surface area contributed by atoms with E-state index in [1.165, 1.54) is 348 Å². The first-order chi connectivity index (χ1) is 33.7. The molecule has 1 saturated heterocycles. The second-order valence-electron chi connectivity index (χ2n) is 21.8. The second kappa shape index (κ2) is 55.4. The maximum absolute atomic E-state index is 2.90. The van der Waals surface area contributed by atoms with E-state index in [4.69, 9.17) is 0 Å². The number of piperazine rings is 1. The number of nitrogens with zero attached hydrogens (tertiary/aromatic N) is 4. The minimum atomic E-state index is 1.21. The first-order valence-corrected chi connectivity index (χ1v) is 31.6. The number of likely N-dealkylation sites (N-methyl/N-ethyl adjacent to an activating group) is 1. The van der Waals surface area contributed by atoms with Crippen LogP contribution in [0.4, 0.5) is 0 Å². The summed E-state index contributed by atoms with van der Waals surface area (Å²) >= 11 is 0. The predicted molar refractivity (Wildman–Crippen MR) is 310 cm³/mol. The molecule has 0 unspecified atom stereocenters. The van der Waals surface area contributed by atoms with Gasteiger partial charge in [0.15, 0.2) is 0 Å². The molecule has 0 aromatic rings. The third-order valence-corrected chi connectivity index (χ3v) is 15.3. The van der Waals surface area contributed by atoms with Crippen LogP contribution in [-0.4, -0.2) is 98.1 Å². The van der Waals surface area contributed by atoms with E-state index in [9.17, 15) is 0 Å². The smallest absolute Gasteiger partial charge is 0.0110 e. The molecule has 0 N–H and O–H groups in total. The monoisotopic (exact) mass is 951 g/mol. The lowest BCUT2D eigenvalue weighted by molar-refractivity contribution is 0.117. The lowest BCUT2D eigenvalue weighted by Gasteiger charge is -2.35. The standard InChI is InChI=1S/C64H126N4/c1-5-9-12-15-18-21-24-27-30-33-36-39-42-45-48-51-54-66(55-52-49-46-43-40-37-34-31-28-25-22-19-16-13-10-6-2)61-62-67(63-64-68-59-57-65(8-4)58-60-68)56-53-50-47-44-41-38-35-32-29-26-23-20-17-14-11-7-3/h27-32H,5-26,33-64H2,1-4H3/b30-27-,31-28-,32-29-. The zero-order chi connectivity index (χ0) is 48.7. The Hall–Kier alpha value is -0.940. The fourth-order valence-corrected chi connectivity index (χ4v) is 10.3. The van der Waals surface area contributed by atoms with Crippen LogP contribution in [0.2, 0.25) is 0 Å². The molecule has 1 aliphatic heterocycles. The van der Waals surface area contributed by atoms with E-state index in [2.05, 4.69) is 83.8 Å². The van der Waals surface area contributed by atoms with Gasteiger partial charge in [0, 0.05) is 52.4 Å². The van der Waals surface area contributed by atoms with Gasteiger partial charge >= 0.3 is 0 Å². The summed E-state index contributed by atoms with van der Waals surface area (Å²) in [6.45, 7) is 24.5. The Labute approximate surface area is 430 Å². The number of allylic oxidation sites excluding steroid dienone is 6. The summed E-state index contributed by atoms with van der Waals surface area (Å²) < 4.78 is 0. The fourth-order valence-electron chi connectivity index (χ4n) is 10.3. The van der Waals surface area contributed by atoms with Gasteiger partial charge in [-0.25, -0.2) is 0 Å². The summed E-state index contributed by atoms with van der Waals surface area (Å²) in [6.07, 6.45) is 73.4. The molecule has 1 fully saturated rings. The van der Waals surface area contributed by atoms with Crippen molar-refractivity contribution in [1.82, 2.24) is 19.6 Å². The number of rotatable bonds is 55. The lowest BCUT2D eigenvalue weighted by Crippen LogP contribution is -2.48. The highest BCUT2D eigenvalue weighted by Crippen LogP contribution is 2.15. The van der Waals surface area contributed by atoms with Crippen molar-refractivity contribution in [3.05, 3.63) is 36.5 Å². The largest absolute Gasteiger partial charge is 0.302 e. The average molecular weight is 952 g/mol. The Morgan fingerprint density at radius 2 is 0.485 bits per heavy atom. The maximum Gasteiger partial charge on any atom is 0.0110 e. The van der Waals surface area contributed by atoms with Gasteiger partial charge in [-0.3, -0.25) is 4.90 Å². The number of hydrogen-bond acceptors (Lipinski definition) is 4. The van der Waals surface area contributed by atoms with Gasteiger partial charge in [0.05, 0.1) is 0 Å². The van der Waals surface area contributed by atoms with Crippen molar-refractivity contribution in [3.8, 4) is 0 Å². The molecule has 0 radical (unpaired) electrons. The molecule has 0 atom stereocenters. The van der Waals surface area contributed by atoms with Gasteiger partial charge in [-0.2, -0.15) is 0 Å². The van der Waals surface area contributed by atoms with Gasteiger partial charge in [-0.05, 0) is 122 Å². The molecule has 4 heteroatoms. The highest BCUT2D eigenvalue weighted by Gasteiger charge is 2.17. The molecule has 1 aliphatic rings. The first-order valence-electron chi connectivity index (χ1n) is 31.6. The van der Waals surface area contributed by atoms with Crippen molar-refractivity contribution in [2.75, 3.05) is 78.5 Å². The van der Waals surface area contributed by atoms with Crippen molar-refractivity contribution in [1.29, 1.82) is 0 Å². The fraction of sp³-hybridized carbons (Fsp3) is 0.906. The molecule has 0 aromatic heterocycles. The highest BCUT2D eigenvalue weighted by molar-refractivity contribution is 4.83. The van der Waals surface area contributed by atoms with Crippen molar-refractivity contribution in [2.24, 2.45) is 0 Å². The van der Waals surface area contributed by atoms with Crippen molar-refractivity contribution < 1.29 is 0 Å². The summed E-state index contributed by atoms with van der Waals surface area (Å²) in [7, 11) is 0. The van der Waals surface area contributed by atoms with Crippen LogP contribution in [0.25, 0.3) is 0 Å². The molecule has 0 aliphatic carbocycles. The Morgan fingerprint density at radius 1 is 0.250 bits per heavy atom. The Bertz CT molecular complexity index is 987. The molecule has 0 saturated carbocycles. The third kappa shape index (κ3) is 47.4. The van der Waals surface area contributed by atoms with E-state index in [0.717, 1.165) is 0 Å². The topological polar surface area (TPSA) is 13.0 Å². The Morgan fingerprint density at radius 3 is 0.765 bits per heavy atom. The highest BCUT2D eigenvalue weighted by atomic mass is 15.3. The van der Waals surface area contributed by atoms with Crippen LogP contribution in [-0.2, 0) is 0 Å². The molecular formula is C64H126N4. The van der Waals surface area contributed by atoms with E-state index < -0.39 is 0 Å². The molecule has 0 spiro atoms. The summed E-state index contributed by atoms with van der Waals surface area (Å²) in [6, 6.07) is 0. The minimum absolute atomic E-state index is 1.21. The average Bonchev–Trinajstić information content (AvgIpc) is 3.36. The van der Waals surface area contributed by atoms with Crippen LogP contribution in [0.1, 0.15) is 297 Å². The van der Waals surface area contributed by atoms with Gasteiger partial charge < -0.3 is 14.7 Å². The molecule has 0 aromatic carbocycles. The van der Waals surface area contributed by atoms with Crippen LogP contribution in [0.5, 0.6) is 0 Å². The van der Waals surface area contributed by atoms with Gasteiger partial charge in [0.1, 0.15) is 0 Å². The third-order valence-electron chi connectivity index (χ3n) is 15.3.